The summed E-state index contributed by atoms with van der Waals surface area (Å²) in [7, 11) is 0. The third kappa shape index (κ3) is 6.24. The summed E-state index contributed by atoms with van der Waals surface area (Å²) < 4.78 is 6.72. The van der Waals surface area contributed by atoms with Gasteiger partial charge in [0, 0.05) is 17.1 Å². The second-order valence-electron chi connectivity index (χ2n) is 7.46. The molecule has 1 aromatic carbocycles. The largest absolute Gasteiger partial charge is 0.444 e. The molecule has 0 radical (unpaired) electrons. The van der Waals surface area contributed by atoms with Crippen LogP contribution >= 0.6 is 15.9 Å². The van der Waals surface area contributed by atoms with Crippen LogP contribution in [0.15, 0.2) is 39.4 Å². The number of halogens is 1. The van der Waals surface area contributed by atoms with Crippen LogP contribution in [0.2, 0.25) is 0 Å². The fourth-order valence-corrected chi connectivity index (χ4v) is 4.22. The zero-order valence-electron chi connectivity index (χ0n) is 15.7. The maximum atomic E-state index is 5.70. The standard InChI is InChI=1S/C22H31BrN2O/c23-21-15-11-10-14-20(21)22-25-19(17-26-22)16-24-18-12-8-6-4-2-1-3-5-7-9-13-18/h10-11,14-15,17-18,24H,1-9,12-13,16H2. The lowest BCUT2D eigenvalue weighted by Crippen LogP contribution is -2.28. The molecule has 0 saturated heterocycles. The van der Waals surface area contributed by atoms with E-state index in [0.717, 1.165) is 22.3 Å². The second-order valence-corrected chi connectivity index (χ2v) is 8.32. The number of nitrogens with zero attached hydrogens (tertiary/aromatic N) is 1. The van der Waals surface area contributed by atoms with Gasteiger partial charge < -0.3 is 9.73 Å². The molecule has 2 aromatic rings. The highest BCUT2D eigenvalue weighted by Crippen LogP contribution is 2.27. The summed E-state index contributed by atoms with van der Waals surface area (Å²) in [6.45, 7) is 0.790. The van der Waals surface area contributed by atoms with Crippen molar-refractivity contribution in [2.24, 2.45) is 0 Å². The van der Waals surface area contributed by atoms with Crippen LogP contribution in [-0.2, 0) is 6.54 Å². The predicted octanol–water partition coefficient (Wildman–Crippen LogP) is 6.87. The van der Waals surface area contributed by atoms with Gasteiger partial charge in [-0.05, 0) is 40.9 Å². The molecule has 1 saturated carbocycles. The van der Waals surface area contributed by atoms with Gasteiger partial charge in [-0.15, -0.1) is 0 Å². The van der Waals surface area contributed by atoms with E-state index in [1.54, 1.807) is 6.26 Å². The molecule has 4 heteroatoms. The van der Waals surface area contributed by atoms with Crippen LogP contribution in [-0.4, -0.2) is 11.0 Å². The van der Waals surface area contributed by atoms with E-state index in [4.69, 9.17) is 4.42 Å². The van der Waals surface area contributed by atoms with Crippen molar-refractivity contribution in [3.63, 3.8) is 0 Å². The molecule has 3 rings (SSSR count). The molecular formula is C22H31BrN2O. The van der Waals surface area contributed by atoms with Crippen LogP contribution < -0.4 is 5.32 Å². The van der Waals surface area contributed by atoms with Crippen molar-refractivity contribution >= 4 is 15.9 Å². The Labute approximate surface area is 166 Å². The fourth-order valence-electron chi connectivity index (χ4n) is 3.76. The van der Waals surface area contributed by atoms with E-state index in [2.05, 4.69) is 26.2 Å². The van der Waals surface area contributed by atoms with Crippen molar-refractivity contribution in [1.29, 1.82) is 0 Å². The van der Waals surface area contributed by atoms with Crippen molar-refractivity contribution < 1.29 is 4.42 Å². The fraction of sp³-hybridized carbons (Fsp3) is 0.591. The highest BCUT2D eigenvalue weighted by Gasteiger charge is 2.12. The molecule has 1 fully saturated rings. The molecule has 1 heterocycles. The number of hydrogen-bond donors (Lipinski definition) is 1. The van der Waals surface area contributed by atoms with Crippen molar-refractivity contribution in [2.45, 2.75) is 83.2 Å². The summed E-state index contributed by atoms with van der Waals surface area (Å²) in [6, 6.07) is 8.66. The minimum absolute atomic E-state index is 0.609. The number of rotatable bonds is 4. The van der Waals surface area contributed by atoms with Gasteiger partial charge in [-0.2, -0.15) is 0 Å². The smallest absolute Gasteiger partial charge is 0.227 e. The van der Waals surface area contributed by atoms with E-state index in [-0.39, 0.29) is 0 Å². The quantitative estimate of drug-likeness (QED) is 0.588. The van der Waals surface area contributed by atoms with Gasteiger partial charge in [0.05, 0.1) is 11.3 Å². The third-order valence-electron chi connectivity index (χ3n) is 5.33. The van der Waals surface area contributed by atoms with E-state index >= 15 is 0 Å². The monoisotopic (exact) mass is 418 g/mol. The zero-order valence-corrected chi connectivity index (χ0v) is 17.3. The van der Waals surface area contributed by atoms with Crippen LogP contribution in [0.5, 0.6) is 0 Å². The summed E-state index contributed by atoms with van der Waals surface area (Å²) >= 11 is 3.57. The average molecular weight is 419 g/mol. The number of nitrogens with one attached hydrogen (secondary N) is 1. The minimum Gasteiger partial charge on any atom is -0.444 e. The van der Waals surface area contributed by atoms with Crippen molar-refractivity contribution in [3.05, 3.63) is 40.7 Å². The van der Waals surface area contributed by atoms with Crippen LogP contribution in [0.25, 0.3) is 11.5 Å². The first-order valence-corrected chi connectivity index (χ1v) is 11.0. The lowest BCUT2D eigenvalue weighted by Gasteiger charge is -2.19. The molecule has 0 bridgehead atoms. The Balaban J connectivity index is 1.52. The van der Waals surface area contributed by atoms with Crippen molar-refractivity contribution in [1.82, 2.24) is 10.3 Å². The van der Waals surface area contributed by atoms with Crippen molar-refractivity contribution in [2.75, 3.05) is 0 Å². The summed E-state index contributed by atoms with van der Waals surface area (Å²) in [4.78, 5) is 4.67. The second kappa shape index (κ2) is 10.9. The average Bonchev–Trinajstić information content (AvgIpc) is 3.10. The third-order valence-corrected chi connectivity index (χ3v) is 6.02. The molecule has 142 valence electrons. The topological polar surface area (TPSA) is 38.1 Å². The lowest BCUT2D eigenvalue weighted by molar-refractivity contribution is 0.401. The first-order valence-electron chi connectivity index (χ1n) is 10.3. The Morgan fingerprint density at radius 3 is 2.19 bits per heavy atom. The highest BCUT2D eigenvalue weighted by molar-refractivity contribution is 9.10. The number of benzene rings is 1. The Bertz CT molecular complexity index is 643. The Morgan fingerprint density at radius 2 is 1.54 bits per heavy atom. The first-order chi connectivity index (χ1) is 12.8. The van der Waals surface area contributed by atoms with Crippen LogP contribution in [0.3, 0.4) is 0 Å². The molecular weight excluding hydrogens is 388 g/mol. The summed E-state index contributed by atoms with van der Waals surface area (Å²) in [5.41, 5.74) is 1.99. The molecule has 1 aromatic heterocycles. The first kappa shape index (κ1) is 19.6. The van der Waals surface area contributed by atoms with Crippen LogP contribution in [0.1, 0.15) is 76.3 Å². The molecule has 1 aliphatic rings. The van der Waals surface area contributed by atoms with E-state index in [1.165, 1.54) is 70.6 Å². The van der Waals surface area contributed by atoms with Crippen LogP contribution in [0.4, 0.5) is 0 Å². The highest BCUT2D eigenvalue weighted by atomic mass is 79.9. The Hall–Kier alpha value is -1.13. The molecule has 0 atom stereocenters. The predicted molar refractivity (Wildman–Crippen MR) is 111 cm³/mol. The molecule has 1 aliphatic carbocycles. The van der Waals surface area contributed by atoms with E-state index in [9.17, 15) is 0 Å². The van der Waals surface area contributed by atoms with Gasteiger partial charge in [0.1, 0.15) is 6.26 Å². The maximum absolute atomic E-state index is 5.70. The molecule has 0 spiro atoms. The summed E-state index contributed by atoms with van der Waals surface area (Å²) in [6.07, 6.45) is 16.9. The lowest BCUT2D eigenvalue weighted by atomic mass is 9.98. The van der Waals surface area contributed by atoms with Gasteiger partial charge in [0.25, 0.3) is 0 Å². The molecule has 3 nitrogen and oxygen atoms in total. The van der Waals surface area contributed by atoms with E-state index in [0.29, 0.717) is 11.9 Å². The van der Waals surface area contributed by atoms with Crippen molar-refractivity contribution in [3.8, 4) is 11.5 Å². The van der Waals surface area contributed by atoms with Gasteiger partial charge >= 0.3 is 0 Å². The summed E-state index contributed by atoms with van der Waals surface area (Å²) in [5.74, 6) is 0.688. The maximum Gasteiger partial charge on any atom is 0.227 e. The SMILES string of the molecule is Brc1ccccc1-c1nc(CNC2CCCCCCCCCCC2)co1. The number of aromatic nitrogens is 1. The number of oxazole rings is 1. The molecule has 26 heavy (non-hydrogen) atoms. The zero-order chi connectivity index (χ0) is 18.0. The summed E-state index contributed by atoms with van der Waals surface area (Å²) in [5, 5.41) is 3.74. The van der Waals surface area contributed by atoms with Crippen LogP contribution in [0, 0.1) is 0 Å². The number of hydrogen-bond acceptors (Lipinski definition) is 3. The molecule has 0 unspecified atom stereocenters. The van der Waals surface area contributed by atoms with Gasteiger partial charge in [0.15, 0.2) is 0 Å². The van der Waals surface area contributed by atoms with Gasteiger partial charge in [-0.1, -0.05) is 69.9 Å². The molecule has 0 aliphatic heterocycles. The molecule has 0 amide bonds. The Morgan fingerprint density at radius 1 is 0.923 bits per heavy atom. The van der Waals surface area contributed by atoms with E-state index < -0.39 is 0 Å². The van der Waals surface area contributed by atoms with Gasteiger partial charge in [-0.25, -0.2) is 4.98 Å². The van der Waals surface area contributed by atoms with E-state index in [1.807, 2.05) is 24.3 Å². The van der Waals surface area contributed by atoms with Gasteiger partial charge in [-0.3, -0.25) is 0 Å². The normalized spacial score (nSPS) is 18.2. The van der Waals surface area contributed by atoms with Gasteiger partial charge in [0.2, 0.25) is 5.89 Å². The minimum atomic E-state index is 0.609. The molecule has 1 N–H and O–H groups in total. The Kier molecular flexibility index (Phi) is 8.22.